The van der Waals surface area contributed by atoms with Crippen molar-refractivity contribution >= 4 is 23.2 Å². The third kappa shape index (κ3) is 2.48. The van der Waals surface area contributed by atoms with Crippen LogP contribution in [0.5, 0.6) is 0 Å². The van der Waals surface area contributed by atoms with Crippen LogP contribution in [-0.2, 0) is 10.3 Å². The fraction of sp³-hybridized carbons (Fsp3) is 0.550. The maximum atomic E-state index is 13.4. The lowest BCUT2D eigenvalue weighted by atomic mass is 9.46. The predicted molar refractivity (Wildman–Crippen MR) is 99.9 cm³/mol. The van der Waals surface area contributed by atoms with Crippen molar-refractivity contribution < 1.29 is 4.79 Å². The summed E-state index contributed by atoms with van der Waals surface area (Å²) in [5.41, 5.74) is 1.64. The SMILES string of the molecule is Cc1cccc(NC(=O)C23C[C@H]4C[C@H](C2)CC(n2cnc(Cl)n2)(C4)C3)c1. The Balaban J connectivity index is 1.47. The maximum Gasteiger partial charge on any atom is 0.242 e. The van der Waals surface area contributed by atoms with Crippen LogP contribution in [0.1, 0.15) is 44.1 Å². The first-order valence-corrected chi connectivity index (χ1v) is 9.80. The Morgan fingerprint density at radius 3 is 2.69 bits per heavy atom. The van der Waals surface area contributed by atoms with Crippen molar-refractivity contribution in [1.82, 2.24) is 14.8 Å². The quantitative estimate of drug-likeness (QED) is 0.881. The Hall–Kier alpha value is -1.88. The van der Waals surface area contributed by atoms with E-state index < -0.39 is 0 Å². The number of carbonyl (C=O) groups is 1. The van der Waals surface area contributed by atoms with Crippen LogP contribution >= 0.6 is 11.6 Å². The summed E-state index contributed by atoms with van der Waals surface area (Å²) < 4.78 is 1.96. The minimum absolute atomic E-state index is 0.103. The lowest BCUT2D eigenvalue weighted by Gasteiger charge is -2.60. The molecule has 136 valence electrons. The average molecular weight is 371 g/mol. The number of nitrogens with zero attached hydrogens (tertiary/aromatic N) is 3. The van der Waals surface area contributed by atoms with E-state index in [4.69, 9.17) is 11.6 Å². The Morgan fingerprint density at radius 2 is 2.04 bits per heavy atom. The van der Waals surface area contributed by atoms with Crippen LogP contribution in [0.4, 0.5) is 5.69 Å². The molecule has 0 aliphatic heterocycles. The third-order valence-electron chi connectivity index (χ3n) is 6.74. The summed E-state index contributed by atoms with van der Waals surface area (Å²) in [4.78, 5) is 17.5. The molecule has 2 atom stereocenters. The summed E-state index contributed by atoms with van der Waals surface area (Å²) >= 11 is 6.00. The number of nitrogens with one attached hydrogen (secondary N) is 1. The van der Waals surface area contributed by atoms with Crippen LogP contribution in [0.15, 0.2) is 30.6 Å². The number of hydrogen-bond donors (Lipinski definition) is 1. The molecule has 2 aromatic rings. The topological polar surface area (TPSA) is 59.8 Å². The molecule has 1 N–H and O–H groups in total. The minimum atomic E-state index is -0.299. The molecule has 0 radical (unpaired) electrons. The van der Waals surface area contributed by atoms with Gasteiger partial charge in [-0.3, -0.25) is 4.79 Å². The highest BCUT2D eigenvalue weighted by Crippen LogP contribution is 2.64. The number of hydrogen-bond acceptors (Lipinski definition) is 3. The number of amides is 1. The molecule has 4 saturated carbocycles. The van der Waals surface area contributed by atoms with Gasteiger partial charge in [-0.15, -0.1) is 5.10 Å². The molecule has 26 heavy (non-hydrogen) atoms. The zero-order valence-electron chi connectivity index (χ0n) is 14.9. The van der Waals surface area contributed by atoms with Gasteiger partial charge in [0.15, 0.2) is 0 Å². The molecule has 5 nitrogen and oxygen atoms in total. The van der Waals surface area contributed by atoms with Crippen molar-refractivity contribution in [2.45, 2.75) is 51.0 Å². The molecule has 6 heteroatoms. The smallest absolute Gasteiger partial charge is 0.242 e. The van der Waals surface area contributed by atoms with Crippen LogP contribution in [0.25, 0.3) is 0 Å². The number of benzene rings is 1. The molecule has 6 rings (SSSR count). The summed E-state index contributed by atoms with van der Waals surface area (Å²) in [6.45, 7) is 2.05. The first kappa shape index (κ1) is 16.3. The predicted octanol–water partition coefficient (Wildman–Crippen LogP) is 4.17. The number of halogens is 1. The van der Waals surface area contributed by atoms with E-state index in [2.05, 4.69) is 15.4 Å². The van der Waals surface area contributed by atoms with E-state index in [1.54, 1.807) is 6.33 Å². The molecule has 4 aliphatic rings. The monoisotopic (exact) mass is 370 g/mol. The van der Waals surface area contributed by atoms with Gasteiger partial charge in [0, 0.05) is 5.69 Å². The molecule has 1 amide bonds. The Labute approximate surface area is 158 Å². The first-order valence-electron chi connectivity index (χ1n) is 9.42. The third-order valence-corrected chi connectivity index (χ3v) is 6.91. The Morgan fingerprint density at radius 1 is 1.27 bits per heavy atom. The molecule has 4 aliphatic carbocycles. The number of rotatable bonds is 3. The largest absolute Gasteiger partial charge is 0.326 e. The van der Waals surface area contributed by atoms with E-state index >= 15 is 0 Å². The Kier molecular flexibility index (Phi) is 3.48. The van der Waals surface area contributed by atoms with E-state index in [9.17, 15) is 4.79 Å². The van der Waals surface area contributed by atoms with Crippen LogP contribution < -0.4 is 5.32 Å². The van der Waals surface area contributed by atoms with Gasteiger partial charge in [0.05, 0.1) is 11.0 Å². The normalized spacial score (nSPS) is 34.8. The zero-order chi connectivity index (χ0) is 17.9. The number of anilines is 1. The number of aromatic nitrogens is 3. The van der Waals surface area contributed by atoms with Crippen molar-refractivity contribution in [3.8, 4) is 0 Å². The van der Waals surface area contributed by atoms with Gasteiger partial charge < -0.3 is 5.32 Å². The molecule has 0 saturated heterocycles. The van der Waals surface area contributed by atoms with Crippen molar-refractivity contribution in [3.63, 3.8) is 0 Å². The summed E-state index contributed by atoms with van der Waals surface area (Å²) in [5, 5.41) is 7.92. The molecule has 1 aromatic carbocycles. The van der Waals surface area contributed by atoms with Gasteiger partial charge in [-0.25, -0.2) is 9.67 Å². The summed E-state index contributed by atoms with van der Waals surface area (Å²) in [6, 6.07) is 8.04. The molecule has 0 spiro atoms. The lowest BCUT2D eigenvalue weighted by molar-refractivity contribution is -0.150. The fourth-order valence-electron chi connectivity index (χ4n) is 6.21. The highest BCUT2D eigenvalue weighted by atomic mass is 35.5. The molecule has 4 bridgehead atoms. The highest BCUT2D eigenvalue weighted by molar-refractivity contribution is 6.28. The van der Waals surface area contributed by atoms with Crippen LogP contribution in [0, 0.1) is 24.2 Å². The minimum Gasteiger partial charge on any atom is -0.326 e. The second-order valence-electron chi connectivity index (χ2n) is 8.75. The second-order valence-corrected chi connectivity index (χ2v) is 9.09. The van der Waals surface area contributed by atoms with Gasteiger partial charge in [0.25, 0.3) is 0 Å². The van der Waals surface area contributed by atoms with Crippen LogP contribution in [0.2, 0.25) is 5.28 Å². The summed E-state index contributed by atoms with van der Waals surface area (Å²) in [7, 11) is 0. The van der Waals surface area contributed by atoms with Crippen LogP contribution in [-0.4, -0.2) is 20.7 Å². The molecule has 0 unspecified atom stereocenters. The molecule has 1 heterocycles. The van der Waals surface area contributed by atoms with E-state index in [-0.39, 0.29) is 16.9 Å². The van der Waals surface area contributed by atoms with Gasteiger partial charge in [-0.1, -0.05) is 12.1 Å². The first-order chi connectivity index (χ1) is 12.5. The average Bonchev–Trinajstić information content (AvgIpc) is 3.01. The van der Waals surface area contributed by atoms with Gasteiger partial charge in [-0.2, -0.15) is 0 Å². The van der Waals surface area contributed by atoms with Crippen LogP contribution in [0.3, 0.4) is 0 Å². The standard InChI is InChI=1S/C20H23ClN4O/c1-13-3-2-4-16(5-13)23-17(26)19-7-14-6-15(8-19)10-20(9-14,11-19)25-12-22-18(21)24-25/h2-5,12,14-15H,6-11H2,1H3,(H,23,26)/t14-,15-,19?,20?/m1/s1. The van der Waals surface area contributed by atoms with Crippen molar-refractivity contribution in [2.75, 3.05) is 5.32 Å². The summed E-state index contributed by atoms with van der Waals surface area (Å²) in [5.74, 6) is 1.35. The highest BCUT2D eigenvalue weighted by Gasteiger charge is 2.61. The zero-order valence-corrected chi connectivity index (χ0v) is 15.7. The van der Waals surface area contributed by atoms with E-state index in [1.807, 2.05) is 35.9 Å². The van der Waals surface area contributed by atoms with E-state index in [0.717, 1.165) is 43.4 Å². The number of carbonyl (C=O) groups excluding carboxylic acids is 1. The van der Waals surface area contributed by atoms with Crippen molar-refractivity contribution in [2.24, 2.45) is 17.3 Å². The molecular formula is C20H23ClN4O. The van der Waals surface area contributed by atoms with Gasteiger partial charge >= 0.3 is 0 Å². The van der Waals surface area contributed by atoms with Crippen molar-refractivity contribution in [1.29, 1.82) is 0 Å². The molecule has 1 aromatic heterocycles. The Bertz CT molecular complexity index is 862. The van der Waals surface area contributed by atoms with Crippen molar-refractivity contribution in [3.05, 3.63) is 41.4 Å². The maximum absolute atomic E-state index is 13.4. The number of aryl methyl sites for hydroxylation is 1. The fourth-order valence-corrected chi connectivity index (χ4v) is 6.33. The lowest BCUT2D eigenvalue weighted by Crippen LogP contribution is -2.60. The van der Waals surface area contributed by atoms with Gasteiger partial charge in [0.2, 0.25) is 11.2 Å². The molecular weight excluding hydrogens is 348 g/mol. The second kappa shape index (κ2) is 5.56. The molecule has 4 fully saturated rings. The van der Waals surface area contributed by atoms with Gasteiger partial charge in [-0.05, 0) is 86.6 Å². The van der Waals surface area contributed by atoms with Gasteiger partial charge in [0.1, 0.15) is 6.33 Å². The van der Waals surface area contributed by atoms with E-state index in [0.29, 0.717) is 17.1 Å². The van der Waals surface area contributed by atoms with E-state index in [1.165, 1.54) is 6.42 Å². The summed E-state index contributed by atoms with van der Waals surface area (Å²) in [6.07, 6.45) is 7.98.